The summed E-state index contributed by atoms with van der Waals surface area (Å²) in [6.07, 6.45) is 2.02. The Morgan fingerprint density at radius 3 is 2.42 bits per heavy atom. The largest absolute Gasteiger partial charge is 0.481 e. The molecule has 1 aromatic carbocycles. The number of hydrogen-bond acceptors (Lipinski definition) is 3. The van der Waals surface area contributed by atoms with Crippen LogP contribution < -0.4 is 0 Å². The van der Waals surface area contributed by atoms with E-state index in [0.717, 1.165) is 18.4 Å². The van der Waals surface area contributed by atoms with Gasteiger partial charge in [-0.05, 0) is 45.2 Å². The second-order valence-electron chi connectivity index (χ2n) is 7.83. The van der Waals surface area contributed by atoms with E-state index in [9.17, 15) is 19.5 Å². The summed E-state index contributed by atoms with van der Waals surface area (Å²) in [5.41, 5.74) is 0.883. The predicted octanol–water partition coefficient (Wildman–Crippen LogP) is 2.17. The highest BCUT2D eigenvalue weighted by Crippen LogP contribution is 2.32. The summed E-state index contributed by atoms with van der Waals surface area (Å²) in [7, 11) is 0. The smallest absolute Gasteiger partial charge is 0.311 e. The van der Waals surface area contributed by atoms with Crippen LogP contribution >= 0.6 is 0 Å². The monoisotopic (exact) mass is 358 g/mol. The van der Waals surface area contributed by atoms with E-state index in [-0.39, 0.29) is 24.3 Å². The second kappa shape index (κ2) is 7.09. The Kier molecular flexibility index (Phi) is 5.03. The van der Waals surface area contributed by atoms with Gasteiger partial charge in [-0.1, -0.05) is 17.7 Å². The fourth-order valence-electron chi connectivity index (χ4n) is 3.82. The molecule has 0 radical (unpaired) electrons. The highest BCUT2D eigenvalue weighted by atomic mass is 16.4. The number of amides is 2. The van der Waals surface area contributed by atoms with Gasteiger partial charge in [0.2, 0.25) is 5.91 Å². The van der Waals surface area contributed by atoms with Crippen molar-refractivity contribution < 1.29 is 19.5 Å². The SMILES string of the molecule is Cc1ccc(C(=O)N2CCCC(C(=O)N3CCC(C)(C(=O)O)C3)C2)cc1. The molecule has 3 rings (SSSR count). The number of piperidine rings is 1. The molecule has 0 saturated carbocycles. The van der Waals surface area contributed by atoms with Crippen LogP contribution in [0, 0.1) is 18.3 Å². The van der Waals surface area contributed by atoms with Gasteiger partial charge in [0.25, 0.3) is 5.91 Å². The molecule has 1 N–H and O–H groups in total. The van der Waals surface area contributed by atoms with Gasteiger partial charge in [0, 0.05) is 31.7 Å². The van der Waals surface area contributed by atoms with Gasteiger partial charge < -0.3 is 14.9 Å². The molecule has 1 aromatic rings. The van der Waals surface area contributed by atoms with Gasteiger partial charge in [0.15, 0.2) is 0 Å². The van der Waals surface area contributed by atoms with E-state index in [1.54, 1.807) is 16.7 Å². The lowest BCUT2D eigenvalue weighted by Crippen LogP contribution is -2.47. The van der Waals surface area contributed by atoms with Gasteiger partial charge in [-0.2, -0.15) is 0 Å². The van der Waals surface area contributed by atoms with Crippen molar-refractivity contribution in [2.45, 2.75) is 33.1 Å². The van der Waals surface area contributed by atoms with Crippen molar-refractivity contribution >= 4 is 17.8 Å². The molecule has 2 heterocycles. The van der Waals surface area contributed by atoms with Crippen molar-refractivity contribution in [1.29, 1.82) is 0 Å². The molecule has 6 nitrogen and oxygen atoms in total. The molecule has 2 saturated heterocycles. The van der Waals surface area contributed by atoms with Crippen molar-refractivity contribution in [1.82, 2.24) is 9.80 Å². The zero-order valence-corrected chi connectivity index (χ0v) is 15.4. The maximum atomic E-state index is 12.9. The first kappa shape index (κ1) is 18.4. The van der Waals surface area contributed by atoms with Crippen LogP contribution in [-0.2, 0) is 9.59 Å². The summed E-state index contributed by atoms with van der Waals surface area (Å²) in [5, 5.41) is 9.35. The maximum absolute atomic E-state index is 12.9. The van der Waals surface area contributed by atoms with E-state index in [1.807, 2.05) is 31.2 Å². The maximum Gasteiger partial charge on any atom is 0.311 e. The van der Waals surface area contributed by atoms with Gasteiger partial charge in [0.1, 0.15) is 0 Å². The van der Waals surface area contributed by atoms with E-state index < -0.39 is 11.4 Å². The third-order valence-corrected chi connectivity index (χ3v) is 5.66. The van der Waals surface area contributed by atoms with Crippen LogP contribution in [0.15, 0.2) is 24.3 Å². The first-order chi connectivity index (χ1) is 12.3. The summed E-state index contributed by atoms with van der Waals surface area (Å²) in [5.74, 6) is -1.16. The number of rotatable bonds is 3. The van der Waals surface area contributed by atoms with E-state index in [4.69, 9.17) is 0 Å². The Morgan fingerprint density at radius 2 is 1.81 bits per heavy atom. The molecule has 2 fully saturated rings. The number of carbonyl (C=O) groups is 3. The average Bonchev–Trinajstić information content (AvgIpc) is 3.05. The number of nitrogens with zero attached hydrogens (tertiary/aromatic N) is 2. The fraction of sp³-hybridized carbons (Fsp3) is 0.550. The van der Waals surface area contributed by atoms with Gasteiger partial charge >= 0.3 is 5.97 Å². The Hall–Kier alpha value is -2.37. The van der Waals surface area contributed by atoms with Gasteiger partial charge in [0.05, 0.1) is 11.3 Å². The fourth-order valence-corrected chi connectivity index (χ4v) is 3.82. The van der Waals surface area contributed by atoms with Crippen LogP contribution in [0.2, 0.25) is 0 Å². The Morgan fingerprint density at radius 1 is 1.12 bits per heavy atom. The summed E-state index contributed by atoms with van der Waals surface area (Å²) in [4.78, 5) is 40.4. The van der Waals surface area contributed by atoms with Crippen molar-refractivity contribution in [3.8, 4) is 0 Å². The molecule has 0 bridgehead atoms. The molecule has 6 heteroatoms. The Balaban J connectivity index is 1.65. The van der Waals surface area contributed by atoms with Gasteiger partial charge in [-0.15, -0.1) is 0 Å². The Labute approximate surface area is 153 Å². The van der Waals surface area contributed by atoms with E-state index >= 15 is 0 Å². The molecule has 2 aliphatic heterocycles. The number of carbonyl (C=O) groups excluding carboxylic acids is 2. The molecule has 2 atom stereocenters. The molecule has 0 aliphatic carbocycles. The highest BCUT2D eigenvalue weighted by Gasteiger charge is 2.44. The topological polar surface area (TPSA) is 77.9 Å². The van der Waals surface area contributed by atoms with Crippen LogP contribution in [0.4, 0.5) is 0 Å². The van der Waals surface area contributed by atoms with Crippen LogP contribution in [0.1, 0.15) is 42.1 Å². The van der Waals surface area contributed by atoms with Crippen LogP contribution in [-0.4, -0.2) is 58.9 Å². The summed E-state index contributed by atoms with van der Waals surface area (Å²) < 4.78 is 0. The molecule has 2 unspecified atom stereocenters. The number of benzene rings is 1. The Bertz CT molecular complexity index is 715. The zero-order chi connectivity index (χ0) is 18.9. The first-order valence-electron chi connectivity index (χ1n) is 9.18. The lowest BCUT2D eigenvalue weighted by Gasteiger charge is -2.34. The van der Waals surface area contributed by atoms with Gasteiger partial charge in [-0.3, -0.25) is 14.4 Å². The lowest BCUT2D eigenvalue weighted by molar-refractivity contribution is -0.147. The quantitative estimate of drug-likeness (QED) is 0.898. The molecule has 140 valence electrons. The predicted molar refractivity (Wildman–Crippen MR) is 96.7 cm³/mol. The molecule has 26 heavy (non-hydrogen) atoms. The molecule has 2 aliphatic rings. The van der Waals surface area contributed by atoms with Crippen molar-refractivity contribution in [2.75, 3.05) is 26.2 Å². The highest BCUT2D eigenvalue weighted by molar-refractivity contribution is 5.94. The molecule has 0 spiro atoms. The molecule has 0 aromatic heterocycles. The summed E-state index contributed by atoms with van der Waals surface area (Å²) in [6.45, 7) is 5.46. The summed E-state index contributed by atoms with van der Waals surface area (Å²) >= 11 is 0. The number of likely N-dealkylation sites (tertiary alicyclic amines) is 2. The van der Waals surface area contributed by atoms with Gasteiger partial charge in [-0.25, -0.2) is 0 Å². The lowest BCUT2D eigenvalue weighted by atomic mass is 9.90. The van der Waals surface area contributed by atoms with Crippen LogP contribution in [0.25, 0.3) is 0 Å². The standard InChI is InChI=1S/C20H26N2O4/c1-14-5-7-15(8-6-14)17(23)21-10-3-4-16(12-21)18(24)22-11-9-20(2,13-22)19(25)26/h5-8,16H,3-4,9-13H2,1-2H3,(H,25,26). The number of carboxylic acid groups (broad SMARTS) is 1. The van der Waals surface area contributed by atoms with Crippen molar-refractivity contribution in [2.24, 2.45) is 11.3 Å². The summed E-state index contributed by atoms with van der Waals surface area (Å²) in [6, 6.07) is 7.47. The number of hydrogen-bond donors (Lipinski definition) is 1. The number of aliphatic carboxylic acids is 1. The molecule has 2 amide bonds. The minimum Gasteiger partial charge on any atom is -0.481 e. The zero-order valence-electron chi connectivity index (χ0n) is 15.4. The van der Waals surface area contributed by atoms with E-state index in [2.05, 4.69) is 0 Å². The third kappa shape index (κ3) is 3.59. The molecular weight excluding hydrogens is 332 g/mol. The van der Waals surface area contributed by atoms with Crippen LogP contribution in [0.3, 0.4) is 0 Å². The number of carboxylic acids is 1. The molecular formula is C20H26N2O4. The second-order valence-corrected chi connectivity index (χ2v) is 7.83. The minimum atomic E-state index is -0.859. The van der Waals surface area contributed by atoms with E-state index in [1.165, 1.54) is 0 Å². The third-order valence-electron chi connectivity index (χ3n) is 5.66. The minimum absolute atomic E-state index is 0.0172. The van der Waals surface area contributed by atoms with Crippen molar-refractivity contribution in [3.05, 3.63) is 35.4 Å². The normalized spacial score (nSPS) is 26.0. The average molecular weight is 358 g/mol. The first-order valence-corrected chi connectivity index (χ1v) is 9.18. The van der Waals surface area contributed by atoms with Crippen LogP contribution in [0.5, 0.6) is 0 Å². The van der Waals surface area contributed by atoms with Crippen molar-refractivity contribution in [3.63, 3.8) is 0 Å². The van der Waals surface area contributed by atoms with E-state index in [0.29, 0.717) is 31.6 Å². The number of aryl methyl sites for hydroxylation is 1.